The normalized spacial score (nSPS) is 14.8. The van der Waals surface area contributed by atoms with Gasteiger partial charge in [0, 0.05) is 36.2 Å². The van der Waals surface area contributed by atoms with Gasteiger partial charge in [0.05, 0.1) is 22.7 Å². The molecule has 34 heavy (non-hydrogen) atoms. The van der Waals surface area contributed by atoms with Crippen LogP contribution in [-0.2, 0) is 11.3 Å². The summed E-state index contributed by atoms with van der Waals surface area (Å²) < 4.78 is 1.74. The largest absolute Gasteiger partial charge is 0.350 e. The number of carbonyl (C=O) groups excluding carboxylic acids is 3. The van der Waals surface area contributed by atoms with Gasteiger partial charge in [-0.2, -0.15) is 5.10 Å². The molecule has 0 saturated carbocycles. The molecule has 0 unspecified atom stereocenters. The van der Waals surface area contributed by atoms with Crippen molar-refractivity contribution >= 4 is 46.5 Å². The van der Waals surface area contributed by atoms with Crippen LogP contribution in [0, 0.1) is 13.8 Å². The second-order valence-corrected chi connectivity index (χ2v) is 9.07. The summed E-state index contributed by atoms with van der Waals surface area (Å²) in [5, 5.41) is 7.56. The zero-order valence-electron chi connectivity index (χ0n) is 18.6. The van der Waals surface area contributed by atoms with E-state index in [0.29, 0.717) is 33.4 Å². The lowest BCUT2D eigenvalue weighted by atomic mass is 10.1. The van der Waals surface area contributed by atoms with Crippen LogP contribution < -0.4 is 5.32 Å². The third kappa shape index (κ3) is 5.05. The zero-order valence-corrected chi connectivity index (χ0v) is 20.2. The number of amides is 3. The summed E-state index contributed by atoms with van der Waals surface area (Å²) in [5.41, 5.74) is 3.41. The minimum atomic E-state index is -0.381. The van der Waals surface area contributed by atoms with Crippen LogP contribution in [0.25, 0.3) is 6.08 Å². The fourth-order valence-electron chi connectivity index (χ4n) is 3.64. The van der Waals surface area contributed by atoms with Gasteiger partial charge in [-0.15, -0.1) is 0 Å². The fraction of sp³-hybridized carbons (Fsp3) is 0.208. The number of aryl methyl sites for hydroxylation is 1. The molecule has 3 amide bonds. The Kier molecular flexibility index (Phi) is 7.14. The quantitative estimate of drug-likeness (QED) is 0.496. The molecule has 0 aliphatic carbocycles. The lowest BCUT2D eigenvalue weighted by Gasteiger charge is -2.13. The molecule has 3 heterocycles. The van der Waals surface area contributed by atoms with Gasteiger partial charge < -0.3 is 5.32 Å². The van der Waals surface area contributed by atoms with Crippen LogP contribution in [0.1, 0.15) is 32.9 Å². The molecule has 0 spiro atoms. The maximum atomic E-state index is 12.9. The molecular formula is C24H22ClN5O3S. The molecule has 3 aromatic rings. The van der Waals surface area contributed by atoms with Crippen LogP contribution in [0.2, 0.25) is 5.02 Å². The summed E-state index contributed by atoms with van der Waals surface area (Å²) in [6.45, 7) is 4.24. The Morgan fingerprint density at radius 1 is 1.18 bits per heavy atom. The molecule has 1 aromatic carbocycles. The highest BCUT2D eigenvalue weighted by Crippen LogP contribution is 2.31. The third-order valence-corrected chi connectivity index (χ3v) is 6.64. The summed E-state index contributed by atoms with van der Waals surface area (Å²) in [4.78, 5) is 43.3. The molecule has 1 aliphatic rings. The van der Waals surface area contributed by atoms with Gasteiger partial charge in [-0.05, 0) is 54.9 Å². The van der Waals surface area contributed by atoms with Crippen molar-refractivity contribution in [3.8, 4) is 0 Å². The van der Waals surface area contributed by atoms with E-state index in [1.54, 1.807) is 42.2 Å². The number of aromatic nitrogens is 3. The van der Waals surface area contributed by atoms with Gasteiger partial charge in [-0.25, -0.2) is 0 Å². The van der Waals surface area contributed by atoms with Gasteiger partial charge in [-0.1, -0.05) is 35.9 Å². The molecule has 2 aromatic heterocycles. The molecule has 0 atom stereocenters. The van der Waals surface area contributed by atoms with Gasteiger partial charge in [0.25, 0.3) is 17.1 Å². The molecule has 0 radical (unpaired) electrons. The summed E-state index contributed by atoms with van der Waals surface area (Å²) in [6.07, 6.45) is 4.89. The molecular weight excluding hydrogens is 474 g/mol. The summed E-state index contributed by atoms with van der Waals surface area (Å²) in [7, 11) is 0. The Labute approximate surface area is 206 Å². The molecule has 1 saturated heterocycles. The van der Waals surface area contributed by atoms with E-state index < -0.39 is 0 Å². The highest BCUT2D eigenvalue weighted by Gasteiger charge is 2.34. The maximum absolute atomic E-state index is 12.9. The summed E-state index contributed by atoms with van der Waals surface area (Å²) in [6, 6.07) is 11.0. The summed E-state index contributed by atoms with van der Waals surface area (Å²) >= 11 is 7.13. The number of nitrogens with one attached hydrogen (secondary N) is 1. The number of hydrogen-bond acceptors (Lipinski definition) is 6. The monoisotopic (exact) mass is 495 g/mol. The molecule has 8 nitrogen and oxygen atoms in total. The van der Waals surface area contributed by atoms with Gasteiger partial charge in [0.1, 0.15) is 0 Å². The number of benzene rings is 1. The van der Waals surface area contributed by atoms with E-state index in [1.807, 2.05) is 31.2 Å². The van der Waals surface area contributed by atoms with Crippen LogP contribution in [0.3, 0.4) is 0 Å². The number of imide groups is 1. The van der Waals surface area contributed by atoms with E-state index in [9.17, 15) is 14.4 Å². The van der Waals surface area contributed by atoms with Crippen molar-refractivity contribution in [1.82, 2.24) is 25.0 Å². The van der Waals surface area contributed by atoms with Crippen molar-refractivity contribution in [3.63, 3.8) is 0 Å². The van der Waals surface area contributed by atoms with Crippen molar-refractivity contribution < 1.29 is 14.4 Å². The van der Waals surface area contributed by atoms with Gasteiger partial charge in [0.2, 0.25) is 0 Å². The predicted octanol–water partition coefficient (Wildman–Crippen LogP) is 4.06. The van der Waals surface area contributed by atoms with E-state index in [4.69, 9.17) is 11.6 Å². The van der Waals surface area contributed by atoms with E-state index in [2.05, 4.69) is 15.4 Å². The fourth-order valence-corrected chi connectivity index (χ4v) is 4.70. The maximum Gasteiger partial charge on any atom is 0.293 e. The lowest BCUT2D eigenvalue weighted by molar-refractivity contribution is -0.122. The molecule has 1 fully saturated rings. The Bertz CT molecular complexity index is 1290. The van der Waals surface area contributed by atoms with Crippen molar-refractivity contribution in [2.24, 2.45) is 0 Å². The number of halogens is 1. The van der Waals surface area contributed by atoms with Crippen molar-refractivity contribution in [1.29, 1.82) is 0 Å². The number of hydrogen-bond donors (Lipinski definition) is 1. The molecule has 4 rings (SSSR count). The minimum absolute atomic E-state index is 0.0760. The highest BCUT2D eigenvalue weighted by molar-refractivity contribution is 8.18. The number of pyridine rings is 1. The highest BCUT2D eigenvalue weighted by atomic mass is 35.5. The average molecular weight is 496 g/mol. The second-order valence-electron chi connectivity index (χ2n) is 7.67. The third-order valence-electron chi connectivity index (χ3n) is 5.36. The number of nitrogens with zero attached hydrogens (tertiary/aromatic N) is 4. The number of carbonyl (C=O) groups is 3. The first-order valence-corrected chi connectivity index (χ1v) is 11.8. The Hall–Kier alpha value is -3.43. The van der Waals surface area contributed by atoms with Crippen LogP contribution in [0.4, 0.5) is 4.79 Å². The lowest BCUT2D eigenvalue weighted by Crippen LogP contribution is -2.37. The van der Waals surface area contributed by atoms with Crippen LogP contribution in [-0.4, -0.2) is 49.8 Å². The first-order chi connectivity index (χ1) is 16.3. The van der Waals surface area contributed by atoms with E-state index in [-0.39, 0.29) is 30.1 Å². The van der Waals surface area contributed by atoms with E-state index >= 15 is 0 Å². The Morgan fingerprint density at radius 3 is 2.71 bits per heavy atom. The van der Waals surface area contributed by atoms with Gasteiger partial charge in [-0.3, -0.25) is 28.9 Å². The smallest absolute Gasteiger partial charge is 0.293 e. The molecule has 0 bridgehead atoms. The molecule has 174 valence electrons. The van der Waals surface area contributed by atoms with Crippen LogP contribution in [0.5, 0.6) is 0 Å². The van der Waals surface area contributed by atoms with Gasteiger partial charge >= 0.3 is 0 Å². The van der Waals surface area contributed by atoms with Crippen LogP contribution in [0.15, 0.2) is 53.7 Å². The average Bonchev–Trinajstić information content (AvgIpc) is 3.24. The Morgan fingerprint density at radius 2 is 1.97 bits per heavy atom. The minimum Gasteiger partial charge on any atom is -0.350 e. The number of thioether (sulfide) groups is 1. The van der Waals surface area contributed by atoms with Gasteiger partial charge in [0.15, 0.2) is 0 Å². The predicted molar refractivity (Wildman–Crippen MR) is 132 cm³/mol. The summed E-state index contributed by atoms with van der Waals surface area (Å²) in [5.74, 6) is -0.689. The zero-order chi connectivity index (χ0) is 24.2. The van der Waals surface area contributed by atoms with Crippen molar-refractivity contribution in [2.45, 2.75) is 20.4 Å². The topological polar surface area (TPSA) is 97.2 Å². The second kappa shape index (κ2) is 10.2. The molecule has 10 heteroatoms. The van der Waals surface area contributed by atoms with E-state index in [1.165, 1.54) is 0 Å². The number of rotatable bonds is 7. The Balaban J connectivity index is 1.38. The first kappa shape index (κ1) is 23.7. The molecule has 1 aliphatic heterocycles. The van der Waals surface area contributed by atoms with Crippen molar-refractivity contribution in [2.75, 3.05) is 13.1 Å². The molecule has 1 N–H and O–H groups in total. The van der Waals surface area contributed by atoms with Crippen LogP contribution >= 0.6 is 23.4 Å². The van der Waals surface area contributed by atoms with E-state index in [0.717, 1.165) is 27.8 Å². The standard InChI is InChI=1S/C24H22ClN5O3S/c1-15-21(16(2)30(28-15)14-18-7-3-4-8-19(18)25)22(31)27-10-11-29-23(32)20(34-24(29)33)12-17-6-5-9-26-13-17/h3-9,12-13H,10-11,14H2,1-2H3,(H,27,31)/b20-12+. The first-order valence-electron chi connectivity index (χ1n) is 10.6. The SMILES string of the molecule is Cc1nn(Cc2ccccc2Cl)c(C)c1C(=O)NCCN1C(=O)S/C(=C/c2cccnc2)C1=O. The van der Waals surface area contributed by atoms with Crippen molar-refractivity contribution in [3.05, 3.63) is 86.8 Å².